The fourth-order valence-electron chi connectivity index (χ4n) is 2.24. The van der Waals surface area contributed by atoms with E-state index in [9.17, 15) is 0 Å². The maximum absolute atomic E-state index is 5.94. The minimum Gasteiger partial charge on any atom is -0.396 e. The fraction of sp³-hybridized carbons (Fsp3) is 0.583. The van der Waals surface area contributed by atoms with Gasteiger partial charge in [0.2, 0.25) is 0 Å². The van der Waals surface area contributed by atoms with Gasteiger partial charge in [-0.2, -0.15) is 0 Å². The highest BCUT2D eigenvalue weighted by molar-refractivity contribution is 6.30. The summed E-state index contributed by atoms with van der Waals surface area (Å²) in [6, 6.07) is 1.74. The first-order valence-corrected chi connectivity index (χ1v) is 6.18. The molecule has 1 aliphatic heterocycles. The minimum atomic E-state index is 0.237. The van der Waals surface area contributed by atoms with Crippen LogP contribution in [-0.4, -0.2) is 31.3 Å². The lowest BCUT2D eigenvalue weighted by atomic mass is 9.96. The van der Waals surface area contributed by atoms with E-state index in [-0.39, 0.29) is 6.10 Å². The van der Waals surface area contributed by atoms with E-state index in [0.717, 1.165) is 25.3 Å². The summed E-state index contributed by atoms with van der Waals surface area (Å²) in [5.41, 5.74) is 6.57. The number of hydrogen-bond donors (Lipinski definition) is 1. The van der Waals surface area contributed by atoms with Crippen molar-refractivity contribution in [1.82, 2.24) is 4.98 Å². The average molecular weight is 256 g/mol. The van der Waals surface area contributed by atoms with Crippen LogP contribution in [0.2, 0.25) is 5.02 Å². The van der Waals surface area contributed by atoms with E-state index in [0.29, 0.717) is 16.6 Å². The van der Waals surface area contributed by atoms with Gasteiger partial charge in [-0.15, -0.1) is 0 Å². The number of pyridine rings is 1. The zero-order valence-corrected chi connectivity index (χ0v) is 10.9. The van der Waals surface area contributed by atoms with Crippen molar-refractivity contribution in [3.63, 3.8) is 0 Å². The maximum atomic E-state index is 5.94. The van der Waals surface area contributed by atoms with E-state index < -0.39 is 0 Å². The zero-order chi connectivity index (χ0) is 12.4. The van der Waals surface area contributed by atoms with Gasteiger partial charge in [0.05, 0.1) is 16.8 Å². The summed E-state index contributed by atoms with van der Waals surface area (Å²) in [6.45, 7) is 4.00. The van der Waals surface area contributed by atoms with Crippen LogP contribution in [0.1, 0.15) is 13.3 Å². The SMILES string of the molecule is COC1CN(c2ncc(Cl)cc2N)CCC1C. The summed E-state index contributed by atoms with van der Waals surface area (Å²) in [4.78, 5) is 6.48. The van der Waals surface area contributed by atoms with Gasteiger partial charge in [0.15, 0.2) is 5.82 Å². The standard InChI is InChI=1S/C12H18ClN3O/c1-8-3-4-16(7-11(8)17-2)12-10(14)5-9(13)6-15-12/h5-6,8,11H,3-4,7,14H2,1-2H3. The second-order valence-electron chi connectivity index (χ2n) is 4.55. The van der Waals surface area contributed by atoms with E-state index in [4.69, 9.17) is 22.1 Å². The molecule has 0 amide bonds. The van der Waals surface area contributed by atoms with Gasteiger partial charge < -0.3 is 15.4 Å². The van der Waals surface area contributed by atoms with Crippen molar-refractivity contribution in [1.29, 1.82) is 0 Å². The molecule has 1 aromatic heterocycles. The molecule has 1 aromatic rings. The van der Waals surface area contributed by atoms with E-state index in [1.54, 1.807) is 19.4 Å². The molecule has 17 heavy (non-hydrogen) atoms. The number of hydrogen-bond acceptors (Lipinski definition) is 4. The van der Waals surface area contributed by atoms with Crippen molar-refractivity contribution in [3.05, 3.63) is 17.3 Å². The Hall–Kier alpha value is -1.00. The number of anilines is 2. The van der Waals surface area contributed by atoms with Crippen LogP contribution >= 0.6 is 11.6 Å². The predicted octanol–water partition coefficient (Wildman–Crippen LogP) is 2.18. The van der Waals surface area contributed by atoms with Gasteiger partial charge in [-0.1, -0.05) is 18.5 Å². The molecule has 0 spiro atoms. The molecule has 2 atom stereocenters. The molecule has 2 rings (SSSR count). The fourth-order valence-corrected chi connectivity index (χ4v) is 2.41. The second kappa shape index (κ2) is 5.10. The van der Waals surface area contributed by atoms with E-state index in [1.165, 1.54) is 0 Å². The molecule has 2 unspecified atom stereocenters. The highest BCUT2D eigenvalue weighted by atomic mass is 35.5. The van der Waals surface area contributed by atoms with Gasteiger partial charge in [-0.05, 0) is 18.4 Å². The first-order chi connectivity index (χ1) is 8.11. The summed E-state index contributed by atoms with van der Waals surface area (Å²) in [6.07, 6.45) is 2.95. The van der Waals surface area contributed by atoms with Crippen molar-refractivity contribution in [2.45, 2.75) is 19.4 Å². The molecule has 1 aliphatic rings. The highest BCUT2D eigenvalue weighted by Crippen LogP contribution is 2.28. The molecule has 0 radical (unpaired) electrons. The van der Waals surface area contributed by atoms with Gasteiger partial charge in [0.25, 0.3) is 0 Å². The number of halogens is 1. The smallest absolute Gasteiger partial charge is 0.151 e. The largest absolute Gasteiger partial charge is 0.396 e. The van der Waals surface area contributed by atoms with Crippen LogP contribution in [0.5, 0.6) is 0 Å². The Morgan fingerprint density at radius 2 is 2.35 bits per heavy atom. The third kappa shape index (κ3) is 2.64. The normalized spacial score (nSPS) is 25.0. The number of ether oxygens (including phenoxy) is 1. The van der Waals surface area contributed by atoms with Crippen LogP contribution in [0.25, 0.3) is 0 Å². The number of nitrogens with zero attached hydrogens (tertiary/aromatic N) is 2. The Balaban J connectivity index is 2.17. The molecule has 1 fully saturated rings. The summed E-state index contributed by atoms with van der Waals surface area (Å²) in [5.74, 6) is 1.38. The van der Waals surface area contributed by atoms with Crippen LogP contribution in [0.3, 0.4) is 0 Å². The molecule has 0 aromatic carbocycles. The van der Waals surface area contributed by atoms with Crippen LogP contribution in [0.15, 0.2) is 12.3 Å². The van der Waals surface area contributed by atoms with Gasteiger partial charge in [-0.25, -0.2) is 4.98 Å². The molecular formula is C12H18ClN3O. The molecule has 0 saturated carbocycles. The molecule has 0 aliphatic carbocycles. The lowest BCUT2D eigenvalue weighted by molar-refractivity contribution is 0.0497. The number of nitrogens with two attached hydrogens (primary N) is 1. The Labute approximate surface area is 107 Å². The van der Waals surface area contributed by atoms with E-state index in [2.05, 4.69) is 16.8 Å². The third-order valence-electron chi connectivity index (χ3n) is 3.35. The van der Waals surface area contributed by atoms with Crippen LogP contribution in [0, 0.1) is 5.92 Å². The Bertz CT molecular complexity index is 399. The molecular weight excluding hydrogens is 238 g/mol. The van der Waals surface area contributed by atoms with Gasteiger partial charge in [0.1, 0.15) is 0 Å². The van der Waals surface area contributed by atoms with Crippen LogP contribution in [-0.2, 0) is 4.74 Å². The van der Waals surface area contributed by atoms with Gasteiger partial charge in [0, 0.05) is 26.4 Å². The maximum Gasteiger partial charge on any atom is 0.151 e. The van der Waals surface area contributed by atoms with Crippen LogP contribution < -0.4 is 10.6 Å². The topological polar surface area (TPSA) is 51.4 Å². The lowest BCUT2D eigenvalue weighted by Gasteiger charge is -2.37. The second-order valence-corrected chi connectivity index (χ2v) is 4.99. The molecule has 2 N–H and O–H groups in total. The van der Waals surface area contributed by atoms with Crippen molar-refractivity contribution in [3.8, 4) is 0 Å². The van der Waals surface area contributed by atoms with Crippen molar-refractivity contribution < 1.29 is 4.74 Å². The number of aromatic nitrogens is 1. The molecule has 1 saturated heterocycles. The quantitative estimate of drug-likeness (QED) is 0.880. The Kier molecular flexibility index (Phi) is 3.74. The average Bonchev–Trinajstić information content (AvgIpc) is 2.30. The molecule has 0 bridgehead atoms. The molecule has 4 nitrogen and oxygen atoms in total. The van der Waals surface area contributed by atoms with Gasteiger partial charge >= 0.3 is 0 Å². The van der Waals surface area contributed by atoms with Crippen LogP contribution in [0.4, 0.5) is 11.5 Å². The first-order valence-electron chi connectivity index (χ1n) is 5.80. The number of piperidine rings is 1. The lowest BCUT2D eigenvalue weighted by Crippen LogP contribution is -2.44. The van der Waals surface area contributed by atoms with E-state index in [1.807, 2.05) is 0 Å². The molecule has 2 heterocycles. The summed E-state index contributed by atoms with van der Waals surface area (Å²) in [5, 5.41) is 0.569. The number of rotatable bonds is 2. The minimum absolute atomic E-state index is 0.237. The predicted molar refractivity (Wildman–Crippen MR) is 70.5 cm³/mol. The Morgan fingerprint density at radius 3 is 3.00 bits per heavy atom. The molecule has 94 valence electrons. The number of nitrogen functional groups attached to an aromatic ring is 1. The molecule has 5 heteroatoms. The Morgan fingerprint density at radius 1 is 1.59 bits per heavy atom. The van der Waals surface area contributed by atoms with E-state index >= 15 is 0 Å². The summed E-state index contributed by atoms with van der Waals surface area (Å²) < 4.78 is 5.48. The third-order valence-corrected chi connectivity index (χ3v) is 3.56. The number of methoxy groups -OCH3 is 1. The summed E-state index contributed by atoms with van der Waals surface area (Å²) in [7, 11) is 1.75. The van der Waals surface area contributed by atoms with Crippen molar-refractivity contribution >= 4 is 23.1 Å². The monoisotopic (exact) mass is 255 g/mol. The van der Waals surface area contributed by atoms with Crippen molar-refractivity contribution in [2.75, 3.05) is 30.8 Å². The van der Waals surface area contributed by atoms with Crippen molar-refractivity contribution in [2.24, 2.45) is 5.92 Å². The first kappa shape index (κ1) is 12.5. The zero-order valence-electron chi connectivity index (χ0n) is 10.2. The highest BCUT2D eigenvalue weighted by Gasteiger charge is 2.27. The summed E-state index contributed by atoms with van der Waals surface area (Å²) >= 11 is 5.85. The van der Waals surface area contributed by atoms with Gasteiger partial charge in [-0.3, -0.25) is 0 Å².